The smallest absolute Gasteiger partial charge is 0.407 e. The highest BCUT2D eigenvalue weighted by molar-refractivity contribution is 5.68. The number of hydrogen-bond acceptors (Lipinski definition) is 6. The predicted octanol–water partition coefficient (Wildman–Crippen LogP) is 2.09. The molecule has 8 heteroatoms. The quantitative estimate of drug-likeness (QED) is 0.700. The van der Waals surface area contributed by atoms with Gasteiger partial charge in [-0.1, -0.05) is 0 Å². The summed E-state index contributed by atoms with van der Waals surface area (Å²) in [6.07, 6.45) is 1.55. The predicted molar refractivity (Wildman–Crippen MR) is 106 cm³/mol. The number of likely N-dealkylation sites (tertiary alicyclic amines) is 1. The Kier molecular flexibility index (Phi) is 5.64. The van der Waals surface area contributed by atoms with Gasteiger partial charge in [-0.15, -0.1) is 0 Å². The Bertz CT molecular complexity index is 755. The first-order valence-electron chi connectivity index (χ1n) is 10.1. The zero-order valence-corrected chi connectivity index (χ0v) is 17.9. The molecule has 1 aromatic rings. The van der Waals surface area contributed by atoms with Crippen LogP contribution in [0.15, 0.2) is 9.32 Å². The van der Waals surface area contributed by atoms with Crippen molar-refractivity contribution in [3.63, 3.8) is 0 Å². The number of carbonyl (C=O) groups excluding carboxylic acids is 1. The summed E-state index contributed by atoms with van der Waals surface area (Å²) in [6.45, 7) is 16.2. The highest BCUT2D eigenvalue weighted by Crippen LogP contribution is 2.28. The van der Waals surface area contributed by atoms with Crippen molar-refractivity contribution in [2.24, 2.45) is 0 Å². The molecule has 2 fully saturated rings. The number of nitrogens with zero attached hydrogens (tertiary/aromatic N) is 2. The van der Waals surface area contributed by atoms with Crippen molar-refractivity contribution in [1.82, 2.24) is 20.3 Å². The number of H-pyrrole nitrogens is 1. The highest BCUT2D eigenvalue weighted by atomic mass is 16.5. The minimum absolute atomic E-state index is 0.0615. The van der Waals surface area contributed by atoms with E-state index in [2.05, 4.69) is 61.8 Å². The SMILES string of the molecule is CC(C)(C)N1CC2CC1COC(=O)N2.CC(C)(C)N1CCc2c(o[nH]c2=O)C1. The summed E-state index contributed by atoms with van der Waals surface area (Å²) in [5, 5.41) is 5.26. The van der Waals surface area contributed by atoms with E-state index in [1.165, 1.54) is 0 Å². The Morgan fingerprint density at radius 2 is 1.79 bits per heavy atom. The summed E-state index contributed by atoms with van der Waals surface area (Å²) in [6, 6.07) is 0.660. The number of fused-ring (bicyclic) bond motifs is 3. The summed E-state index contributed by atoms with van der Waals surface area (Å²) in [7, 11) is 0. The number of aromatic amines is 1. The maximum absolute atomic E-state index is 11.3. The third-order valence-electron chi connectivity index (χ3n) is 5.80. The molecule has 0 radical (unpaired) electrons. The van der Waals surface area contributed by atoms with Crippen LogP contribution in [0.25, 0.3) is 0 Å². The number of ether oxygens (including phenoxy) is 1. The lowest BCUT2D eigenvalue weighted by atomic mass is 10.0. The lowest BCUT2D eigenvalue weighted by molar-refractivity contribution is 0.0578. The van der Waals surface area contributed by atoms with Gasteiger partial charge in [0.25, 0.3) is 5.56 Å². The van der Waals surface area contributed by atoms with Crippen molar-refractivity contribution in [2.75, 3.05) is 19.7 Å². The van der Waals surface area contributed by atoms with E-state index in [0.717, 1.165) is 43.8 Å². The molecule has 1 amide bonds. The number of nitrogens with one attached hydrogen (secondary N) is 2. The van der Waals surface area contributed by atoms with Crippen LogP contribution in [0.2, 0.25) is 0 Å². The van der Waals surface area contributed by atoms with Crippen LogP contribution in [0.3, 0.4) is 0 Å². The highest BCUT2D eigenvalue weighted by Gasteiger charge is 2.41. The van der Waals surface area contributed by atoms with Crippen LogP contribution in [0.1, 0.15) is 59.3 Å². The van der Waals surface area contributed by atoms with Gasteiger partial charge in [-0.2, -0.15) is 5.16 Å². The number of carbonyl (C=O) groups is 1. The standard InChI is InChI=1S/C10H18N2O2.C10H16N2O2/c1-10(2,3)12-5-7-4-8(12)6-14-9(13)11-7;1-10(2,3)12-5-4-7-8(6-12)14-11-9(7)13/h7-8H,4-6H2,1-3H3,(H,11,13);4-6H2,1-3H3,(H,11,13). The van der Waals surface area contributed by atoms with Crippen LogP contribution in [0.5, 0.6) is 0 Å². The topological polar surface area (TPSA) is 90.8 Å². The first-order valence-corrected chi connectivity index (χ1v) is 10.1. The molecule has 0 aromatic carbocycles. The number of rotatable bonds is 0. The lowest BCUT2D eigenvalue weighted by Crippen LogP contribution is -2.49. The van der Waals surface area contributed by atoms with E-state index in [1.54, 1.807) is 0 Å². The Morgan fingerprint density at radius 1 is 1.07 bits per heavy atom. The molecule has 2 bridgehead atoms. The summed E-state index contributed by atoms with van der Waals surface area (Å²) < 4.78 is 10.2. The van der Waals surface area contributed by atoms with Gasteiger partial charge in [-0.25, -0.2) is 4.79 Å². The fraction of sp³-hybridized carbons (Fsp3) is 0.800. The van der Waals surface area contributed by atoms with Crippen LogP contribution in [0, 0.1) is 0 Å². The fourth-order valence-electron chi connectivity index (χ4n) is 4.19. The molecule has 3 aliphatic heterocycles. The maximum atomic E-state index is 11.3. The molecule has 3 aliphatic rings. The van der Waals surface area contributed by atoms with Gasteiger partial charge in [-0.3, -0.25) is 14.6 Å². The zero-order chi connectivity index (χ0) is 20.7. The minimum atomic E-state index is -0.258. The van der Waals surface area contributed by atoms with Crippen molar-refractivity contribution in [2.45, 2.75) is 84.1 Å². The second-order valence-electron chi connectivity index (χ2n) is 9.93. The van der Waals surface area contributed by atoms with E-state index in [-0.39, 0.29) is 28.8 Å². The maximum Gasteiger partial charge on any atom is 0.407 e. The van der Waals surface area contributed by atoms with Gasteiger partial charge in [0.1, 0.15) is 6.61 Å². The average molecular weight is 395 g/mol. The number of hydrogen-bond donors (Lipinski definition) is 2. The van der Waals surface area contributed by atoms with E-state index < -0.39 is 0 Å². The van der Waals surface area contributed by atoms with Gasteiger partial charge in [0.15, 0.2) is 5.76 Å². The number of cyclic esters (lactones) is 1. The third-order valence-corrected chi connectivity index (χ3v) is 5.80. The molecular formula is C20H34N4O4. The van der Waals surface area contributed by atoms with E-state index in [0.29, 0.717) is 12.6 Å². The molecule has 0 saturated carbocycles. The molecule has 2 atom stereocenters. The van der Waals surface area contributed by atoms with Crippen molar-refractivity contribution in [3.8, 4) is 0 Å². The zero-order valence-electron chi connectivity index (χ0n) is 17.9. The molecular weight excluding hydrogens is 360 g/mol. The van der Waals surface area contributed by atoms with Crippen molar-refractivity contribution >= 4 is 6.09 Å². The summed E-state index contributed by atoms with van der Waals surface area (Å²) in [5.74, 6) is 0.802. The summed E-state index contributed by atoms with van der Waals surface area (Å²) >= 11 is 0. The molecule has 4 rings (SSSR count). The third kappa shape index (κ3) is 4.60. The number of amides is 1. The van der Waals surface area contributed by atoms with Crippen LogP contribution >= 0.6 is 0 Å². The number of alkyl carbamates (subject to hydrolysis) is 1. The first-order chi connectivity index (χ1) is 12.9. The fourth-order valence-corrected chi connectivity index (χ4v) is 4.19. The van der Waals surface area contributed by atoms with E-state index >= 15 is 0 Å². The summed E-state index contributed by atoms with van der Waals surface area (Å²) in [4.78, 5) is 27.1. The second-order valence-corrected chi connectivity index (χ2v) is 9.93. The van der Waals surface area contributed by atoms with E-state index in [4.69, 9.17) is 9.26 Å². The van der Waals surface area contributed by atoms with Gasteiger partial charge in [0.2, 0.25) is 0 Å². The van der Waals surface area contributed by atoms with Crippen LogP contribution in [-0.4, -0.2) is 63.9 Å². The van der Waals surface area contributed by atoms with Gasteiger partial charge in [0, 0.05) is 36.3 Å². The molecule has 4 heterocycles. The van der Waals surface area contributed by atoms with E-state index in [1.807, 2.05) is 0 Å². The van der Waals surface area contributed by atoms with Crippen molar-refractivity contribution in [1.29, 1.82) is 0 Å². The molecule has 2 saturated heterocycles. The lowest BCUT2D eigenvalue weighted by Gasteiger charge is -2.37. The Hall–Kier alpha value is -1.80. The average Bonchev–Trinajstić information content (AvgIpc) is 3.10. The van der Waals surface area contributed by atoms with Gasteiger partial charge in [0.05, 0.1) is 12.1 Å². The van der Waals surface area contributed by atoms with Crippen LogP contribution in [-0.2, 0) is 17.7 Å². The van der Waals surface area contributed by atoms with Crippen LogP contribution < -0.4 is 10.9 Å². The minimum Gasteiger partial charge on any atom is -0.448 e. The molecule has 8 nitrogen and oxygen atoms in total. The Labute approximate surface area is 166 Å². The molecule has 158 valence electrons. The Morgan fingerprint density at radius 3 is 2.43 bits per heavy atom. The van der Waals surface area contributed by atoms with Gasteiger partial charge in [-0.05, 0) is 54.4 Å². The van der Waals surface area contributed by atoms with Crippen molar-refractivity contribution < 1.29 is 14.1 Å². The normalized spacial score (nSPS) is 25.9. The summed E-state index contributed by atoms with van der Waals surface area (Å²) in [5.41, 5.74) is 1.05. The molecule has 2 unspecified atom stereocenters. The van der Waals surface area contributed by atoms with E-state index in [9.17, 15) is 9.59 Å². The number of aromatic nitrogens is 1. The largest absolute Gasteiger partial charge is 0.448 e. The Balaban J connectivity index is 0.000000161. The van der Waals surface area contributed by atoms with Gasteiger partial charge < -0.3 is 14.6 Å². The van der Waals surface area contributed by atoms with Gasteiger partial charge >= 0.3 is 6.09 Å². The molecule has 0 aliphatic carbocycles. The van der Waals surface area contributed by atoms with Crippen LogP contribution in [0.4, 0.5) is 4.79 Å². The molecule has 28 heavy (non-hydrogen) atoms. The molecule has 0 spiro atoms. The molecule has 1 aromatic heterocycles. The first kappa shape index (κ1) is 20.9. The monoisotopic (exact) mass is 394 g/mol. The second kappa shape index (κ2) is 7.55. The molecule has 2 N–H and O–H groups in total. The van der Waals surface area contributed by atoms with Crippen molar-refractivity contribution in [3.05, 3.63) is 21.7 Å².